The van der Waals surface area contributed by atoms with Crippen molar-refractivity contribution in [3.63, 3.8) is 0 Å². The molecule has 2 unspecified atom stereocenters. The van der Waals surface area contributed by atoms with E-state index in [0.717, 1.165) is 18.4 Å². The maximum atomic E-state index is 13.5. The highest BCUT2D eigenvalue weighted by molar-refractivity contribution is 6.00. The first-order chi connectivity index (χ1) is 14.7. The topological polar surface area (TPSA) is 37.3 Å². The summed E-state index contributed by atoms with van der Waals surface area (Å²) >= 11 is 0. The molecule has 0 amide bonds. The van der Waals surface area contributed by atoms with Gasteiger partial charge in [-0.3, -0.25) is 4.79 Å². The minimum Gasteiger partial charge on any atom is -0.392 e. The number of rotatable bonds is 5. The number of allylic oxidation sites excluding steroid dienone is 6. The number of carbonyl (C=O) groups excluding carboxylic acids is 1. The van der Waals surface area contributed by atoms with E-state index in [-0.39, 0.29) is 24.2 Å². The summed E-state index contributed by atoms with van der Waals surface area (Å²) in [6.45, 7) is -0.0111. The molecule has 0 radical (unpaired) electrons. The predicted octanol–water partition coefficient (Wildman–Crippen LogP) is 6.13. The van der Waals surface area contributed by atoms with E-state index < -0.39 is 0 Å². The van der Waals surface area contributed by atoms with Gasteiger partial charge < -0.3 is 5.11 Å². The third-order valence-corrected chi connectivity index (χ3v) is 6.36. The van der Waals surface area contributed by atoms with Crippen LogP contribution in [0, 0.1) is 5.92 Å². The van der Waals surface area contributed by atoms with Crippen LogP contribution in [0.2, 0.25) is 0 Å². The molecule has 148 valence electrons. The van der Waals surface area contributed by atoms with Crippen molar-refractivity contribution < 1.29 is 9.90 Å². The van der Waals surface area contributed by atoms with E-state index in [4.69, 9.17) is 0 Å². The average Bonchev–Trinajstić information content (AvgIpc) is 3.48. The summed E-state index contributed by atoms with van der Waals surface area (Å²) in [5.74, 6) is 0.109. The van der Waals surface area contributed by atoms with Crippen molar-refractivity contribution >= 4 is 16.6 Å². The highest BCUT2D eigenvalue weighted by atomic mass is 16.3. The molecule has 2 aliphatic rings. The number of hydrogen-bond donors (Lipinski definition) is 1. The third-order valence-electron chi connectivity index (χ3n) is 6.36. The Kier molecular flexibility index (Phi) is 4.94. The summed E-state index contributed by atoms with van der Waals surface area (Å²) in [5.41, 5.74) is 5.37. The van der Waals surface area contributed by atoms with Gasteiger partial charge in [-0.2, -0.15) is 0 Å². The molecule has 0 aromatic heterocycles. The normalized spacial score (nSPS) is 20.4. The van der Waals surface area contributed by atoms with Gasteiger partial charge in [0.05, 0.1) is 6.61 Å². The molecule has 0 saturated carbocycles. The van der Waals surface area contributed by atoms with Crippen LogP contribution in [0.25, 0.3) is 10.8 Å². The minimum absolute atomic E-state index is 0.0111. The van der Waals surface area contributed by atoms with Gasteiger partial charge in [0.15, 0.2) is 5.78 Å². The Morgan fingerprint density at radius 1 is 0.933 bits per heavy atom. The molecule has 1 N–H and O–H groups in total. The van der Waals surface area contributed by atoms with Gasteiger partial charge in [-0.05, 0) is 45.9 Å². The first-order valence-corrected chi connectivity index (χ1v) is 10.5. The number of Topliss-reactive ketones (excluding diaryl/α,β-unsaturated/α-hetero) is 1. The molecule has 2 atom stereocenters. The number of hydrogen-bond acceptors (Lipinski definition) is 2. The summed E-state index contributed by atoms with van der Waals surface area (Å²) in [6, 6.07) is 22.3. The lowest BCUT2D eigenvalue weighted by molar-refractivity contribution is 0.0934. The fourth-order valence-electron chi connectivity index (χ4n) is 4.68. The molecule has 5 rings (SSSR count). The molecule has 3 aromatic carbocycles. The number of fused-ring (bicyclic) bond motifs is 1. The molecule has 0 spiro atoms. The Hall–Kier alpha value is -3.23. The second-order valence-electron chi connectivity index (χ2n) is 8.18. The van der Waals surface area contributed by atoms with Gasteiger partial charge in [-0.15, -0.1) is 0 Å². The van der Waals surface area contributed by atoms with Crippen molar-refractivity contribution in [2.45, 2.75) is 25.4 Å². The number of benzene rings is 3. The number of carbonyl (C=O) groups is 1. The van der Waals surface area contributed by atoms with Crippen molar-refractivity contribution in [1.29, 1.82) is 0 Å². The SMILES string of the molecule is O=C(c1ccc(CO)cc1)C1C=C(C2=CC=CC2)CC1c1ccc2ccccc2c1. The molecule has 2 aliphatic carbocycles. The van der Waals surface area contributed by atoms with Crippen molar-refractivity contribution in [1.82, 2.24) is 0 Å². The van der Waals surface area contributed by atoms with Crippen molar-refractivity contribution in [3.8, 4) is 0 Å². The van der Waals surface area contributed by atoms with Gasteiger partial charge in [-0.25, -0.2) is 0 Å². The van der Waals surface area contributed by atoms with Crippen LogP contribution in [0.4, 0.5) is 0 Å². The van der Waals surface area contributed by atoms with Gasteiger partial charge in [-0.1, -0.05) is 91.0 Å². The maximum absolute atomic E-state index is 13.5. The third kappa shape index (κ3) is 3.44. The highest BCUT2D eigenvalue weighted by Gasteiger charge is 2.35. The predicted molar refractivity (Wildman–Crippen MR) is 121 cm³/mol. The van der Waals surface area contributed by atoms with E-state index >= 15 is 0 Å². The fourth-order valence-corrected chi connectivity index (χ4v) is 4.68. The zero-order chi connectivity index (χ0) is 20.5. The van der Waals surface area contributed by atoms with Gasteiger partial charge in [0.25, 0.3) is 0 Å². The number of aliphatic hydroxyl groups is 1. The molecule has 30 heavy (non-hydrogen) atoms. The number of aliphatic hydroxyl groups excluding tert-OH is 1. The standard InChI is InChI=1S/C28H24O2/c29-18-19-9-11-22(12-10-19)28(30)27-17-25(20-5-1-2-6-20)16-26(27)24-14-13-21-7-3-4-8-23(21)15-24/h1-5,7-15,17,26-27,29H,6,16,18H2. The molecule has 0 heterocycles. The van der Waals surface area contributed by atoms with Crippen LogP contribution >= 0.6 is 0 Å². The van der Waals surface area contributed by atoms with E-state index in [1.165, 1.54) is 27.5 Å². The molecular formula is C28H24O2. The van der Waals surface area contributed by atoms with Gasteiger partial charge in [0, 0.05) is 17.4 Å². The van der Waals surface area contributed by atoms with Gasteiger partial charge in [0.2, 0.25) is 0 Å². The Balaban J connectivity index is 1.52. The van der Waals surface area contributed by atoms with Crippen molar-refractivity contribution in [2.24, 2.45) is 5.92 Å². The van der Waals surface area contributed by atoms with Crippen molar-refractivity contribution in [2.75, 3.05) is 0 Å². The smallest absolute Gasteiger partial charge is 0.170 e. The quantitative estimate of drug-likeness (QED) is 0.530. The molecule has 3 aromatic rings. The lowest BCUT2D eigenvalue weighted by Gasteiger charge is -2.20. The minimum atomic E-state index is -0.178. The Morgan fingerprint density at radius 2 is 1.73 bits per heavy atom. The molecule has 0 fully saturated rings. The lowest BCUT2D eigenvalue weighted by Crippen LogP contribution is -2.18. The molecular weight excluding hydrogens is 368 g/mol. The van der Waals surface area contributed by atoms with E-state index in [9.17, 15) is 9.90 Å². The van der Waals surface area contributed by atoms with Crippen LogP contribution < -0.4 is 0 Å². The lowest BCUT2D eigenvalue weighted by atomic mass is 9.82. The van der Waals surface area contributed by atoms with Crippen LogP contribution in [-0.4, -0.2) is 10.9 Å². The summed E-state index contributed by atoms with van der Waals surface area (Å²) in [4.78, 5) is 13.5. The van der Waals surface area contributed by atoms with Crippen molar-refractivity contribution in [3.05, 3.63) is 119 Å². The summed E-state index contributed by atoms with van der Waals surface area (Å²) in [7, 11) is 0. The van der Waals surface area contributed by atoms with Crippen LogP contribution in [0.1, 0.15) is 40.2 Å². The Bertz CT molecular complexity index is 1190. The van der Waals surface area contributed by atoms with E-state index in [2.05, 4.69) is 66.8 Å². The second kappa shape index (κ2) is 7.89. The van der Waals surface area contributed by atoms with E-state index in [1.807, 2.05) is 24.3 Å². The zero-order valence-electron chi connectivity index (χ0n) is 16.8. The Morgan fingerprint density at radius 3 is 2.47 bits per heavy atom. The monoisotopic (exact) mass is 392 g/mol. The zero-order valence-corrected chi connectivity index (χ0v) is 16.8. The first kappa shape index (κ1) is 18.8. The maximum Gasteiger partial charge on any atom is 0.170 e. The van der Waals surface area contributed by atoms with E-state index in [0.29, 0.717) is 5.56 Å². The highest BCUT2D eigenvalue weighted by Crippen LogP contribution is 2.44. The van der Waals surface area contributed by atoms with E-state index in [1.54, 1.807) is 0 Å². The molecule has 0 saturated heterocycles. The van der Waals surface area contributed by atoms with Crippen LogP contribution in [0.5, 0.6) is 0 Å². The molecule has 2 heteroatoms. The number of ketones is 1. The summed E-state index contributed by atoms with van der Waals surface area (Å²) in [6.07, 6.45) is 10.5. The molecule has 2 nitrogen and oxygen atoms in total. The second-order valence-corrected chi connectivity index (χ2v) is 8.18. The molecule has 0 aliphatic heterocycles. The fraction of sp³-hybridized carbons (Fsp3) is 0.179. The average molecular weight is 392 g/mol. The van der Waals surface area contributed by atoms with Crippen LogP contribution in [0.15, 0.2) is 102 Å². The summed E-state index contributed by atoms with van der Waals surface area (Å²) in [5, 5.41) is 11.7. The van der Waals surface area contributed by atoms with Crippen LogP contribution in [-0.2, 0) is 6.61 Å². The van der Waals surface area contributed by atoms with Crippen LogP contribution in [0.3, 0.4) is 0 Å². The summed E-state index contributed by atoms with van der Waals surface area (Å²) < 4.78 is 0. The molecule has 0 bridgehead atoms. The Labute approximate surface area is 176 Å². The van der Waals surface area contributed by atoms with Gasteiger partial charge in [0.1, 0.15) is 0 Å². The van der Waals surface area contributed by atoms with Gasteiger partial charge >= 0.3 is 0 Å². The first-order valence-electron chi connectivity index (χ1n) is 10.5. The largest absolute Gasteiger partial charge is 0.392 e.